The fourth-order valence-corrected chi connectivity index (χ4v) is 3.35. The van der Waals surface area contributed by atoms with Crippen LogP contribution in [0, 0.1) is 11.8 Å². The minimum absolute atomic E-state index is 0.957. The molecule has 3 unspecified atom stereocenters. The molecule has 0 radical (unpaired) electrons. The van der Waals surface area contributed by atoms with Crippen LogP contribution in [0.15, 0.2) is 0 Å². The molecule has 0 spiro atoms. The van der Waals surface area contributed by atoms with Crippen molar-refractivity contribution in [2.75, 3.05) is 13.1 Å². The van der Waals surface area contributed by atoms with Gasteiger partial charge in [0.2, 0.25) is 0 Å². The van der Waals surface area contributed by atoms with Gasteiger partial charge < -0.3 is 4.90 Å². The van der Waals surface area contributed by atoms with Crippen molar-refractivity contribution in [3.05, 3.63) is 0 Å². The molecule has 1 heteroatoms. The Kier molecular flexibility index (Phi) is 2.40. The molecule has 0 aromatic rings. The summed E-state index contributed by atoms with van der Waals surface area (Å²) in [7, 11) is 0. The van der Waals surface area contributed by atoms with E-state index in [0.717, 1.165) is 17.9 Å². The van der Waals surface area contributed by atoms with E-state index in [1.807, 2.05) is 0 Å². The van der Waals surface area contributed by atoms with E-state index in [1.165, 1.54) is 32.4 Å². The van der Waals surface area contributed by atoms with E-state index in [0.29, 0.717) is 0 Å². The second kappa shape index (κ2) is 3.37. The summed E-state index contributed by atoms with van der Waals surface area (Å²) in [5, 5.41) is 0. The number of nitrogens with zero attached hydrogens (tertiary/aromatic N) is 1. The maximum absolute atomic E-state index is 2.67. The van der Waals surface area contributed by atoms with Crippen LogP contribution in [0.2, 0.25) is 0 Å². The summed E-state index contributed by atoms with van der Waals surface area (Å²) in [4.78, 5) is 2.67. The number of hydrogen-bond donors (Lipinski definition) is 0. The molecule has 2 rings (SSSR count). The Balaban J connectivity index is 1.96. The lowest BCUT2D eigenvalue weighted by Crippen LogP contribution is -2.38. The highest BCUT2D eigenvalue weighted by Gasteiger charge is 2.41. The first kappa shape index (κ1) is 8.55. The lowest BCUT2D eigenvalue weighted by Gasteiger charge is -2.32. The van der Waals surface area contributed by atoms with Gasteiger partial charge in [0, 0.05) is 6.04 Å². The van der Waals surface area contributed by atoms with Crippen molar-refractivity contribution < 1.29 is 0 Å². The predicted molar refractivity (Wildman–Crippen MR) is 52.2 cm³/mol. The standard InChI is InChI=1S/C11H21N/c1-3-12(4-2)11-8-9-5-6-10(11)7-9/h9-11H,3-8H2,1-2H3. The average Bonchev–Trinajstić information content (AvgIpc) is 2.67. The fourth-order valence-electron chi connectivity index (χ4n) is 3.35. The molecule has 0 N–H and O–H groups in total. The van der Waals surface area contributed by atoms with Gasteiger partial charge in [0.05, 0.1) is 0 Å². The summed E-state index contributed by atoms with van der Waals surface area (Å²) in [5.41, 5.74) is 0. The lowest BCUT2D eigenvalue weighted by molar-refractivity contribution is 0.157. The molecule has 0 aliphatic heterocycles. The van der Waals surface area contributed by atoms with Gasteiger partial charge in [-0.05, 0) is 44.2 Å². The molecule has 2 fully saturated rings. The number of hydrogen-bond acceptors (Lipinski definition) is 1. The van der Waals surface area contributed by atoms with Crippen molar-refractivity contribution in [2.24, 2.45) is 11.8 Å². The largest absolute Gasteiger partial charge is 0.301 e. The zero-order valence-electron chi connectivity index (χ0n) is 8.42. The number of rotatable bonds is 3. The van der Waals surface area contributed by atoms with Crippen LogP contribution in [0.25, 0.3) is 0 Å². The summed E-state index contributed by atoms with van der Waals surface area (Å²) in [6.07, 6.45) is 6.10. The van der Waals surface area contributed by atoms with E-state index in [9.17, 15) is 0 Å². The van der Waals surface area contributed by atoms with Gasteiger partial charge >= 0.3 is 0 Å². The molecule has 2 saturated carbocycles. The molecule has 2 aliphatic rings. The smallest absolute Gasteiger partial charge is 0.0126 e. The molecule has 0 aromatic carbocycles. The molecule has 70 valence electrons. The summed E-state index contributed by atoms with van der Waals surface area (Å²) in [6.45, 7) is 7.11. The third-order valence-electron chi connectivity index (χ3n) is 3.98. The Bertz CT molecular complexity index is 151. The van der Waals surface area contributed by atoms with E-state index < -0.39 is 0 Å². The van der Waals surface area contributed by atoms with Crippen LogP contribution in [-0.4, -0.2) is 24.0 Å². The van der Waals surface area contributed by atoms with E-state index in [2.05, 4.69) is 18.7 Å². The second-order valence-corrected chi connectivity index (χ2v) is 4.46. The summed E-state index contributed by atoms with van der Waals surface area (Å²) in [5.74, 6) is 2.16. The van der Waals surface area contributed by atoms with E-state index in [4.69, 9.17) is 0 Å². The highest BCUT2D eigenvalue weighted by atomic mass is 15.2. The molecule has 1 nitrogen and oxygen atoms in total. The van der Waals surface area contributed by atoms with Gasteiger partial charge in [-0.2, -0.15) is 0 Å². The number of fused-ring (bicyclic) bond motifs is 2. The first-order chi connectivity index (χ1) is 5.85. The van der Waals surface area contributed by atoms with E-state index >= 15 is 0 Å². The summed E-state index contributed by atoms with van der Waals surface area (Å²) in [6, 6.07) is 0.957. The normalized spacial score (nSPS) is 39.8. The van der Waals surface area contributed by atoms with Crippen LogP contribution >= 0.6 is 0 Å². The second-order valence-electron chi connectivity index (χ2n) is 4.46. The molecule has 0 aromatic heterocycles. The van der Waals surface area contributed by atoms with Gasteiger partial charge in [0.15, 0.2) is 0 Å². The third kappa shape index (κ3) is 1.28. The Hall–Kier alpha value is -0.0400. The van der Waals surface area contributed by atoms with Gasteiger partial charge in [-0.25, -0.2) is 0 Å². The zero-order chi connectivity index (χ0) is 8.55. The van der Waals surface area contributed by atoms with Crippen LogP contribution in [0.4, 0.5) is 0 Å². The van der Waals surface area contributed by atoms with Crippen LogP contribution in [0.1, 0.15) is 39.5 Å². The SMILES string of the molecule is CCN(CC)C1CC2CCC1C2. The summed E-state index contributed by atoms with van der Waals surface area (Å²) < 4.78 is 0. The first-order valence-electron chi connectivity index (χ1n) is 5.59. The molecule has 12 heavy (non-hydrogen) atoms. The van der Waals surface area contributed by atoms with Crippen molar-refractivity contribution >= 4 is 0 Å². The maximum Gasteiger partial charge on any atom is 0.0126 e. The molecule has 3 atom stereocenters. The Morgan fingerprint density at radius 1 is 1.08 bits per heavy atom. The van der Waals surface area contributed by atoms with E-state index in [1.54, 1.807) is 6.42 Å². The predicted octanol–water partition coefficient (Wildman–Crippen LogP) is 2.52. The van der Waals surface area contributed by atoms with Crippen LogP contribution in [0.3, 0.4) is 0 Å². The van der Waals surface area contributed by atoms with Crippen molar-refractivity contribution in [1.29, 1.82) is 0 Å². The molecule has 2 aliphatic carbocycles. The molecule has 0 saturated heterocycles. The molecular weight excluding hydrogens is 146 g/mol. The molecule has 0 heterocycles. The van der Waals surface area contributed by atoms with Crippen molar-refractivity contribution in [1.82, 2.24) is 4.90 Å². The van der Waals surface area contributed by atoms with Gasteiger partial charge in [-0.1, -0.05) is 20.3 Å². The van der Waals surface area contributed by atoms with Gasteiger partial charge in [-0.3, -0.25) is 0 Å². The van der Waals surface area contributed by atoms with Crippen LogP contribution in [0.5, 0.6) is 0 Å². The monoisotopic (exact) mass is 167 g/mol. The Morgan fingerprint density at radius 3 is 2.25 bits per heavy atom. The van der Waals surface area contributed by atoms with E-state index in [-0.39, 0.29) is 0 Å². The van der Waals surface area contributed by atoms with Gasteiger partial charge in [-0.15, -0.1) is 0 Å². The average molecular weight is 167 g/mol. The molecule has 0 amide bonds. The van der Waals surface area contributed by atoms with Crippen LogP contribution < -0.4 is 0 Å². The highest BCUT2D eigenvalue weighted by Crippen LogP contribution is 2.46. The minimum Gasteiger partial charge on any atom is -0.301 e. The zero-order valence-corrected chi connectivity index (χ0v) is 8.42. The minimum atomic E-state index is 0.957. The third-order valence-corrected chi connectivity index (χ3v) is 3.98. The highest BCUT2D eigenvalue weighted by molar-refractivity contribution is 4.94. The van der Waals surface area contributed by atoms with Gasteiger partial charge in [0.25, 0.3) is 0 Å². The Labute approximate surface area is 76.1 Å². The van der Waals surface area contributed by atoms with Crippen molar-refractivity contribution in [3.63, 3.8) is 0 Å². The first-order valence-corrected chi connectivity index (χ1v) is 5.59. The topological polar surface area (TPSA) is 3.24 Å². The van der Waals surface area contributed by atoms with Crippen molar-refractivity contribution in [3.8, 4) is 0 Å². The lowest BCUT2D eigenvalue weighted by atomic mass is 9.94. The quantitative estimate of drug-likeness (QED) is 0.624. The van der Waals surface area contributed by atoms with Crippen LogP contribution in [-0.2, 0) is 0 Å². The Morgan fingerprint density at radius 2 is 1.83 bits per heavy atom. The van der Waals surface area contributed by atoms with Gasteiger partial charge in [0.1, 0.15) is 0 Å². The van der Waals surface area contributed by atoms with Crippen molar-refractivity contribution in [2.45, 2.75) is 45.6 Å². The fraction of sp³-hybridized carbons (Fsp3) is 1.00. The molecular formula is C11H21N. The summed E-state index contributed by atoms with van der Waals surface area (Å²) >= 11 is 0. The molecule has 2 bridgehead atoms. The maximum atomic E-state index is 2.67.